The molecule has 0 bridgehead atoms. The number of nitrogens with zero attached hydrogens (tertiary/aromatic N) is 1. The molecule has 2 rings (SSSR count). The number of phenolic OH excluding ortho intramolecular Hbond substituents is 1. The molecule has 0 saturated heterocycles. The van der Waals surface area contributed by atoms with Crippen molar-refractivity contribution in [2.45, 2.75) is 0 Å². The molecule has 3 nitrogen and oxygen atoms in total. The fourth-order valence-electron chi connectivity index (χ4n) is 1.83. The lowest BCUT2D eigenvalue weighted by atomic mass is 10.0. The van der Waals surface area contributed by atoms with Gasteiger partial charge in [0.1, 0.15) is 0 Å². The van der Waals surface area contributed by atoms with Crippen molar-refractivity contribution in [3.63, 3.8) is 0 Å². The van der Waals surface area contributed by atoms with Gasteiger partial charge in [-0.15, -0.1) is 0 Å². The molecule has 0 atom stereocenters. The highest BCUT2D eigenvalue weighted by molar-refractivity contribution is 6.36. The second-order valence-corrected chi connectivity index (χ2v) is 5.07. The van der Waals surface area contributed by atoms with E-state index in [9.17, 15) is 10.4 Å². The lowest BCUT2D eigenvalue weighted by Crippen LogP contribution is -1.87. The molecule has 0 aliphatic carbocycles. The second kappa shape index (κ2) is 6.53. The Labute approximate surface area is 132 Å². The Balaban J connectivity index is 2.48. The number of ether oxygens (including phenoxy) is 1. The van der Waals surface area contributed by atoms with E-state index in [1.807, 2.05) is 0 Å². The van der Waals surface area contributed by atoms with Gasteiger partial charge in [-0.1, -0.05) is 35.3 Å². The Bertz CT molecular complexity index is 748. The van der Waals surface area contributed by atoms with Crippen molar-refractivity contribution in [3.8, 4) is 17.6 Å². The molecular weight excluding hydrogens is 309 g/mol. The number of hydrogen-bond acceptors (Lipinski definition) is 3. The zero-order valence-corrected chi connectivity index (χ0v) is 12.6. The number of allylic oxidation sites excluding steroid dienone is 1. The number of halogens is 2. The second-order valence-electron chi connectivity index (χ2n) is 4.23. The lowest BCUT2D eigenvalue weighted by Gasteiger charge is -2.06. The largest absolute Gasteiger partial charge is 0.504 e. The minimum atomic E-state index is 0.0395. The van der Waals surface area contributed by atoms with Crippen molar-refractivity contribution in [1.82, 2.24) is 0 Å². The monoisotopic (exact) mass is 319 g/mol. The van der Waals surface area contributed by atoms with Crippen LogP contribution in [0.3, 0.4) is 0 Å². The predicted octanol–water partition coefficient (Wildman–Crippen LogP) is 4.77. The summed E-state index contributed by atoms with van der Waals surface area (Å²) in [5.74, 6) is 0.376. The average Bonchev–Trinajstić information content (AvgIpc) is 2.47. The van der Waals surface area contributed by atoms with Gasteiger partial charge < -0.3 is 9.84 Å². The van der Waals surface area contributed by atoms with Crippen molar-refractivity contribution in [1.29, 1.82) is 5.26 Å². The van der Waals surface area contributed by atoms with Gasteiger partial charge in [-0.25, -0.2) is 0 Å². The summed E-state index contributed by atoms with van der Waals surface area (Å²) in [6.45, 7) is 0. The quantitative estimate of drug-likeness (QED) is 0.654. The Kier molecular flexibility index (Phi) is 4.74. The van der Waals surface area contributed by atoms with Gasteiger partial charge >= 0.3 is 0 Å². The van der Waals surface area contributed by atoms with Crippen molar-refractivity contribution in [2.75, 3.05) is 7.11 Å². The zero-order valence-electron chi connectivity index (χ0n) is 11.1. The van der Waals surface area contributed by atoms with Crippen molar-refractivity contribution >= 4 is 34.9 Å². The van der Waals surface area contributed by atoms with Gasteiger partial charge in [-0.3, -0.25) is 0 Å². The van der Waals surface area contributed by atoms with Gasteiger partial charge in [0.25, 0.3) is 0 Å². The number of methoxy groups -OCH3 is 1. The first kappa shape index (κ1) is 15.2. The van der Waals surface area contributed by atoms with Crippen LogP contribution in [0.5, 0.6) is 11.5 Å². The van der Waals surface area contributed by atoms with Crippen LogP contribution in [-0.2, 0) is 0 Å². The van der Waals surface area contributed by atoms with E-state index in [4.69, 9.17) is 27.9 Å². The summed E-state index contributed by atoms with van der Waals surface area (Å²) in [5.41, 5.74) is 1.70. The smallest absolute Gasteiger partial charge is 0.161 e. The number of nitriles is 1. The van der Waals surface area contributed by atoms with Gasteiger partial charge in [0.15, 0.2) is 11.5 Å². The van der Waals surface area contributed by atoms with E-state index in [0.717, 1.165) is 0 Å². The molecule has 0 aliphatic heterocycles. The molecule has 2 aromatic rings. The third-order valence-corrected chi connectivity index (χ3v) is 3.40. The van der Waals surface area contributed by atoms with E-state index in [-0.39, 0.29) is 5.75 Å². The minimum Gasteiger partial charge on any atom is -0.504 e. The summed E-state index contributed by atoms with van der Waals surface area (Å²) >= 11 is 12.0. The van der Waals surface area contributed by atoms with Crippen LogP contribution in [-0.4, -0.2) is 12.2 Å². The fourth-order valence-corrected chi connectivity index (χ4v) is 2.34. The molecule has 0 radical (unpaired) electrons. The molecule has 0 saturated carbocycles. The highest BCUT2D eigenvalue weighted by Gasteiger charge is 2.08. The summed E-state index contributed by atoms with van der Waals surface area (Å²) in [5, 5.41) is 19.8. The first-order valence-corrected chi connectivity index (χ1v) is 6.75. The zero-order chi connectivity index (χ0) is 15.4. The molecule has 0 spiro atoms. The van der Waals surface area contributed by atoms with Crippen molar-refractivity contribution in [3.05, 3.63) is 57.6 Å². The maximum absolute atomic E-state index is 9.57. The fraction of sp³-hybridized carbons (Fsp3) is 0.0625. The van der Waals surface area contributed by atoms with E-state index >= 15 is 0 Å². The number of phenols is 1. The van der Waals surface area contributed by atoms with Crippen LogP contribution >= 0.6 is 23.2 Å². The standard InChI is InChI=1S/C16H11Cl2NO2/c1-21-16-7-10(2-5-15(16)20)6-11(9-19)13-4-3-12(17)8-14(13)18/h2-8,20H,1H3/b11-6+. The van der Waals surface area contributed by atoms with Crippen molar-refractivity contribution in [2.24, 2.45) is 0 Å². The molecule has 21 heavy (non-hydrogen) atoms. The maximum atomic E-state index is 9.57. The molecule has 0 unspecified atom stereocenters. The first-order chi connectivity index (χ1) is 10.0. The Morgan fingerprint density at radius 1 is 1.24 bits per heavy atom. The Hall–Kier alpha value is -2.15. The lowest BCUT2D eigenvalue weighted by molar-refractivity contribution is 0.373. The summed E-state index contributed by atoms with van der Waals surface area (Å²) < 4.78 is 5.04. The van der Waals surface area contributed by atoms with Crippen LogP contribution < -0.4 is 4.74 Å². The van der Waals surface area contributed by atoms with E-state index in [2.05, 4.69) is 6.07 Å². The number of hydrogen-bond donors (Lipinski definition) is 1. The minimum absolute atomic E-state index is 0.0395. The molecule has 1 N–H and O–H groups in total. The first-order valence-electron chi connectivity index (χ1n) is 5.99. The van der Waals surface area contributed by atoms with Crippen molar-refractivity contribution < 1.29 is 9.84 Å². The van der Waals surface area contributed by atoms with E-state index in [1.54, 1.807) is 36.4 Å². The van der Waals surface area contributed by atoms with E-state index in [0.29, 0.717) is 32.5 Å². The van der Waals surface area contributed by atoms with Gasteiger partial charge in [0.05, 0.1) is 23.8 Å². The van der Waals surface area contributed by atoms with Gasteiger partial charge in [-0.2, -0.15) is 5.26 Å². The normalized spacial score (nSPS) is 11.0. The topological polar surface area (TPSA) is 53.2 Å². The highest BCUT2D eigenvalue weighted by atomic mass is 35.5. The maximum Gasteiger partial charge on any atom is 0.161 e. The van der Waals surface area contributed by atoms with Crippen LogP contribution in [0.1, 0.15) is 11.1 Å². The van der Waals surface area contributed by atoms with Crippen LogP contribution in [0, 0.1) is 11.3 Å². The number of aromatic hydroxyl groups is 1. The molecule has 106 valence electrons. The summed E-state index contributed by atoms with van der Waals surface area (Å²) in [6, 6.07) is 11.9. The molecule has 0 amide bonds. The van der Waals surface area contributed by atoms with Gasteiger partial charge in [0, 0.05) is 10.6 Å². The highest BCUT2D eigenvalue weighted by Crippen LogP contribution is 2.31. The average molecular weight is 320 g/mol. The SMILES string of the molecule is COc1cc(/C=C(\C#N)c2ccc(Cl)cc2Cl)ccc1O. The summed E-state index contributed by atoms with van der Waals surface area (Å²) in [4.78, 5) is 0. The van der Waals surface area contributed by atoms with Crippen LogP contribution in [0.4, 0.5) is 0 Å². The third kappa shape index (κ3) is 3.49. The molecule has 5 heteroatoms. The number of rotatable bonds is 3. The summed E-state index contributed by atoms with van der Waals surface area (Å²) in [6.07, 6.45) is 1.66. The predicted molar refractivity (Wildman–Crippen MR) is 84.6 cm³/mol. The Morgan fingerprint density at radius 2 is 2.00 bits per heavy atom. The molecule has 0 heterocycles. The Morgan fingerprint density at radius 3 is 2.62 bits per heavy atom. The van der Waals surface area contributed by atoms with Gasteiger partial charge in [0.2, 0.25) is 0 Å². The van der Waals surface area contributed by atoms with Gasteiger partial charge in [-0.05, 0) is 35.9 Å². The van der Waals surface area contributed by atoms with E-state index < -0.39 is 0 Å². The molecular formula is C16H11Cl2NO2. The van der Waals surface area contributed by atoms with E-state index in [1.165, 1.54) is 13.2 Å². The third-order valence-electron chi connectivity index (χ3n) is 2.86. The molecule has 0 fully saturated rings. The number of benzene rings is 2. The summed E-state index contributed by atoms with van der Waals surface area (Å²) in [7, 11) is 1.46. The molecule has 0 aliphatic rings. The molecule has 2 aromatic carbocycles. The van der Waals surface area contributed by atoms with Crippen LogP contribution in [0.15, 0.2) is 36.4 Å². The van der Waals surface area contributed by atoms with Crippen LogP contribution in [0.2, 0.25) is 10.0 Å². The molecule has 0 aromatic heterocycles. The van der Waals surface area contributed by atoms with Crippen LogP contribution in [0.25, 0.3) is 11.6 Å².